The summed E-state index contributed by atoms with van der Waals surface area (Å²) in [5.74, 6) is -2.00. The minimum atomic E-state index is -1.17. The Morgan fingerprint density at radius 3 is 2.17 bits per heavy atom. The first-order valence-corrected chi connectivity index (χ1v) is 13.5. The lowest BCUT2D eigenvalue weighted by molar-refractivity contribution is -0.134. The fourth-order valence-corrected chi connectivity index (χ4v) is 4.02. The number of benzene rings is 3. The topological polar surface area (TPSA) is 168 Å². The van der Waals surface area contributed by atoms with Crippen LogP contribution in [-0.2, 0) is 20.7 Å². The highest BCUT2D eigenvalue weighted by Crippen LogP contribution is 2.23. The lowest BCUT2D eigenvalue weighted by atomic mass is 10.0. The largest absolute Gasteiger partial charge is 0.478 e. The number of carbonyl (C=O) groups is 4. The van der Waals surface area contributed by atoms with Crippen LogP contribution in [0, 0.1) is 0 Å². The fourth-order valence-electron chi connectivity index (χ4n) is 4.02. The van der Waals surface area contributed by atoms with Crippen molar-refractivity contribution in [3.05, 3.63) is 89.0 Å². The highest BCUT2D eigenvalue weighted by atomic mass is 16.5. The molecule has 0 aliphatic carbocycles. The van der Waals surface area contributed by atoms with Gasteiger partial charge in [-0.25, -0.2) is 14.4 Å². The van der Waals surface area contributed by atoms with Crippen LogP contribution < -0.4 is 20.9 Å². The molecule has 3 aromatic carbocycles. The lowest BCUT2D eigenvalue weighted by Gasteiger charge is -2.11. The van der Waals surface area contributed by atoms with Gasteiger partial charge in [0.15, 0.2) is 0 Å². The Balaban J connectivity index is 1.46. The molecule has 0 fully saturated rings. The van der Waals surface area contributed by atoms with Gasteiger partial charge in [-0.1, -0.05) is 38.3 Å². The van der Waals surface area contributed by atoms with Gasteiger partial charge < -0.3 is 30.8 Å². The molecule has 0 aromatic heterocycles. The average molecular weight is 575 g/mol. The van der Waals surface area contributed by atoms with Gasteiger partial charge in [0.25, 0.3) is 0 Å². The first-order valence-electron chi connectivity index (χ1n) is 13.5. The average Bonchev–Trinajstić information content (AvgIpc) is 2.96. The number of hydrogen-bond acceptors (Lipinski definition) is 9. The molecule has 0 bridgehead atoms. The van der Waals surface area contributed by atoms with Crippen molar-refractivity contribution >= 4 is 41.3 Å². The van der Waals surface area contributed by atoms with Crippen LogP contribution in [0.15, 0.2) is 66.7 Å². The SMILES string of the molecule is CCCCCCC(=O)Oc1ccc(OC(=O)/C=C/c2ccc(C(=O)OCCc3c(N)cc(N)cc3C(=O)O)cc2)cc1. The van der Waals surface area contributed by atoms with E-state index in [9.17, 15) is 24.3 Å². The van der Waals surface area contributed by atoms with Gasteiger partial charge in [-0.05, 0) is 72.2 Å². The molecule has 0 aliphatic rings. The number of rotatable bonds is 14. The second-order valence-electron chi connectivity index (χ2n) is 9.46. The van der Waals surface area contributed by atoms with Gasteiger partial charge in [0.05, 0.1) is 17.7 Å². The van der Waals surface area contributed by atoms with Crippen LogP contribution in [-0.4, -0.2) is 35.6 Å². The summed E-state index contributed by atoms with van der Waals surface area (Å²) < 4.78 is 15.8. The summed E-state index contributed by atoms with van der Waals surface area (Å²) in [5.41, 5.74) is 13.2. The van der Waals surface area contributed by atoms with Crippen LogP contribution in [0.1, 0.15) is 70.9 Å². The fraction of sp³-hybridized carbons (Fsp3) is 0.250. The van der Waals surface area contributed by atoms with Crippen LogP contribution in [0.5, 0.6) is 11.5 Å². The molecule has 0 amide bonds. The second kappa shape index (κ2) is 15.6. The summed E-state index contributed by atoms with van der Waals surface area (Å²) in [5, 5.41) is 9.38. The molecule has 3 rings (SSSR count). The maximum absolute atomic E-state index is 12.4. The summed E-state index contributed by atoms with van der Waals surface area (Å²) in [6.45, 7) is 2.02. The molecule has 42 heavy (non-hydrogen) atoms. The van der Waals surface area contributed by atoms with Crippen LogP contribution >= 0.6 is 0 Å². The van der Waals surface area contributed by atoms with Crippen LogP contribution in [0.25, 0.3) is 6.08 Å². The van der Waals surface area contributed by atoms with E-state index in [4.69, 9.17) is 25.7 Å². The third-order valence-corrected chi connectivity index (χ3v) is 6.19. The van der Waals surface area contributed by atoms with Crippen LogP contribution in [0.3, 0.4) is 0 Å². The molecule has 5 N–H and O–H groups in total. The normalized spacial score (nSPS) is 10.8. The Morgan fingerprint density at radius 1 is 0.857 bits per heavy atom. The van der Waals surface area contributed by atoms with Crippen LogP contribution in [0.2, 0.25) is 0 Å². The monoisotopic (exact) mass is 574 g/mol. The Hall–Kier alpha value is -5.12. The Labute approximate surface area is 243 Å². The van der Waals surface area contributed by atoms with E-state index in [0.717, 1.165) is 25.7 Å². The van der Waals surface area contributed by atoms with E-state index >= 15 is 0 Å². The highest BCUT2D eigenvalue weighted by Gasteiger charge is 2.15. The summed E-state index contributed by atoms with van der Waals surface area (Å²) in [4.78, 5) is 48.0. The molecular formula is C32H34N2O8. The van der Waals surface area contributed by atoms with Gasteiger partial charge >= 0.3 is 23.9 Å². The van der Waals surface area contributed by atoms with Crippen molar-refractivity contribution in [1.82, 2.24) is 0 Å². The highest BCUT2D eigenvalue weighted by molar-refractivity contribution is 5.93. The summed E-state index contributed by atoms with van der Waals surface area (Å²) >= 11 is 0. The number of carbonyl (C=O) groups excluding carboxylic acids is 3. The van der Waals surface area contributed by atoms with Crippen molar-refractivity contribution in [3.63, 3.8) is 0 Å². The van der Waals surface area contributed by atoms with Gasteiger partial charge in [-0.2, -0.15) is 0 Å². The predicted molar refractivity (Wildman–Crippen MR) is 158 cm³/mol. The molecule has 3 aromatic rings. The lowest BCUT2D eigenvalue weighted by Crippen LogP contribution is -2.12. The van der Waals surface area contributed by atoms with Gasteiger partial charge in [0, 0.05) is 30.3 Å². The first-order chi connectivity index (χ1) is 20.2. The zero-order valence-corrected chi connectivity index (χ0v) is 23.3. The van der Waals surface area contributed by atoms with E-state index in [1.807, 2.05) is 0 Å². The van der Waals surface area contributed by atoms with Crippen molar-refractivity contribution in [1.29, 1.82) is 0 Å². The molecular weight excluding hydrogens is 540 g/mol. The first kappa shape index (κ1) is 31.4. The number of aromatic carboxylic acids is 1. The third-order valence-electron chi connectivity index (χ3n) is 6.19. The standard InChI is InChI=1S/C32H34N2O8/c1-2-3-4-5-6-29(35)41-24-12-14-25(15-13-24)42-30(36)16-9-21-7-10-22(11-8-21)32(39)40-18-17-26-27(31(37)38)19-23(33)20-28(26)34/h7-16,19-20H,2-6,17-18,33-34H2,1H3,(H,37,38)/b16-9+. The van der Waals surface area contributed by atoms with Crippen molar-refractivity contribution in [2.24, 2.45) is 0 Å². The molecule has 10 nitrogen and oxygen atoms in total. The predicted octanol–water partition coefficient (Wildman–Crippen LogP) is 5.44. The maximum atomic E-state index is 12.4. The third kappa shape index (κ3) is 9.81. The molecule has 0 saturated carbocycles. The molecule has 10 heteroatoms. The van der Waals surface area contributed by atoms with E-state index in [-0.39, 0.29) is 41.5 Å². The van der Waals surface area contributed by atoms with E-state index in [0.29, 0.717) is 29.0 Å². The van der Waals surface area contributed by atoms with E-state index in [1.165, 1.54) is 48.6 Å². The molecule has 0 radical (unpaired) electrons. The zero-order valence-electron chi connectivity index (χ0n) is 23.3. The summed E-state index contributed by atoms with van der Waals surface area (Å²) in [6, 6.07) is 15.3. The molecule has 220 valence electrons. The Morgan fingerprint density at radius 2 is 1.52 bits per heavy atom. The molecule has 0 unspecified atom stereocenters. The van der Waals surface area contributed by atoms with Crippen molar-refractivity contribution in [2.45, 2.75) is 45.4 Å². The van der Waals surface area contributed by atoms with Gasteiger partial charge in [-0.3, -0.25) is 4.79 Å². The maximum Gasteiger partial charge on any atom is 0.338 e. The molecule has 0 heterocycles. The second-order valence-corrected chi connectivity index (χ2v) is 9.46. The molecule has 0 saturated heterocycles. The Bertz CT molecular complexity index is 1430. The zero-order chi connectivity index (χ0) is 30.5. The van der Waals surface area contributed by atoms with Crippen molar-refractivity contribution in [3.8, 4) is 11.5 Å². The molecule has 0 atom stereocenters. The number of unbranched alkanes of at least 4 members (excludes halogenated alkanes) is 3. The number of carboxylic acids is 1. The summed E-state index contributed by atoms with van der Waals surface area (Å²) in [7, 11) is 0. The number of hydrogen-bond donors (Lipinski definition) is 3. The Kier molecular flexibility index (Phi) is 11.7. The van der Waals surface area contributed by atoms with Gasteiger partial charge in [0.1, 0.15) is 11.5 Å². The minimum absolute atomic E-state index is 0.0377. The van der Waals surface area contributed by atoms with Crippen molar-refractivity contribution < 1.29 is 38.5 Å². The van der Waals surface area contributed by atoms with Gasteiger partial charge in [-0.15, -0.1) is 0 Å². The number of carboxylic acid groups (broad SMARTS) is 1. The van der Waals surface area contributed by atoms with Crippen LogP contribution in [0.4, 0.5) is 11.4 Å². The molecule has 0 spiro atoms. The minimum Gasteiger partial charge on any atom is -0.478 e. The molecule has 0 aliphatic heterocycles. The number of nitrogens with two attached hydrogens (primary N) is 2. The van der Waals surface area contributed by atoms with Crippen molar-refractivity contribution in [2.75, 3.05) is 18.1 Å². The number of esters is 3. The van der Waals surface area contributed by atoms with Gasteiger partial charge in [0.2, 0.25) is 0 Å². The summed E-state index contributed by atoms with van der Waals surface area (Å²) in [6.07, 6.45) is 7.21. The number of nitrogen functional groups attached to an aromatic ring is 2. The van der Waals surface area contributed by atoms with E-state index < -0.39 is 17.9 Å². The number of anilines is 2. The number of ether oxygens (including phenoxy) is 3. The smallest absolute Gasteiger partial charge is 0.338 e. The quantitative estimate of drug-likeness (QED) is 0.0741. The van der Waals surface area contributed by atoms with E-state index in [2.05, 4.69) is 6.92 Å². The van der Waals surface area contributed by atoms with E-state index in [1.54, 1.807) is 24.3 Å².